The van der Waals surface area contributed by atoms with E-state index >= 15 is 0 Å². The predicted octanol–water partition coefficient (Wildman–Crippen LogP) is 1.16. The van der Waals surface area contributed by atoms with Gasteiger partial charge < -0.3 is 5.32 Å². The van der Waals surface area contributed by atoms with Crippen LogP contribution in [0, 0.1) is 0 Å². The quantitative estimate of drug-likeness (QED) is 0.637. The van der Waals surface area contributed by atoms with Gasteiger partial charge in [0.2, 0.25) is 0 Å². The van der Waals surface area contributed by atoms with E-state index in [4.69, 9.17) is 0 Å². The summed E-state index contributed by atoms with van der Waals surface area (Å²) in [6, 6.07) is 9.77. The van der Waals surface area contributed by atoms with Gasteiger partial charge in [-0.1, -0.05) is 36.4 Å². The van der Waals surface area contributed by atoms with Gasteiger partial charge in [-0.05, 0) is 6.07 Å². The van der Waals surface area contributed by atoms with Gasteiger partial charge in [-0.2, -0.15) is 0 Å². The Balaban J connectivity index is 1.69. The molecule has 2 fully saturated rings. The number of ketones is 2. The highest BCUT2D eigenvalue weighted by atomic mass is 32.2. The first-order valence-corrected chi connectivity index (χ1v) is 10.3. The highest BCUT2D eigenvalue weighted by Crippen LogP contribution is 2.37. The molecule has 2 aromatic rings. The van der Waals surface area contributed by atoms with E-state index in [2.05, 4.69) is 5.32 Å². The van der Waals surface area contributed by atoms with Crippen LogP contribution in [-0.4, -0.2) is 49.6 Å². The van der Waals surface area contributed by atoms with Crippen molar-refractivity contribution in [1.82, 2.24) is 5.32 Å². The highest BCUT2D eigenvalue weighted by molar-refractivity contribution is 7.91. The molecule has 8 heteroatoms. The summed E-state index contributed by atoms with van der Waals surface area (Å²) in [5.74, 6) is -0.908. The van der Waals surface area contributed by atoms with Gasteiger partial charge in [0.1, 0.15) is 0 Å². The van der Waals surface area contributed by atoms with Crippen LogP contribution < -0.4 is 10.2 Å². The van der Waals surface area contributed by atoms with Gasteiger partial charge in [-0.25, -0.2) is 13.2 Å². The molecule has 0 unspecified atom stereocenters. The Morgan fingerprint density at radius 1 is 0.852 bits per heavy atom. The van der Waals surface area contributed by atoms with Crippen molar-refractivity contribution in [3.05, 3.63) is 64.7 Å². The number of rotatable bonds is 1. The van der Waals surface area contributed by atoms with Crippen molar-refractivity contribution in [2.45, 2.75) is 12.1 Å². The summed E-state index contributed by atoms with van der Waals surface area (Å²) in [6.45, 7) is 0. The van der Waals surface area contributed by atoms with Gasteiger partial charge >= 0.3 is 6.03 Å². The van der Waals surface area contributed by atoms with E-state index in [0.29, 0.717) is 5.56 Å². The molecule has 2 aromatic carbocycles. The van der Waals surface area contributed by atoms with Crippen molar-refractivity contribution in [3.8, 4) is 0 Å². The van der Waals surface area contributed by atoms with Gasteiger partial charge in [0, 0.05) is 16.7 Å². The number of urea groups is 1. The third-order valence-electron chi connectivity index (χ3n) is 5.37. The van der Waals surface area contributed by atoms with Crippen molar-refractivity contribution in [2.75, 3.05) is 16.4 Å². The third-order valence-corrected chi connectivity index (χ3v) is 7.09. The molecule has 0 saturated carbocycles. The van der Waals surface area contributed by atoms with Crippen LogP contribution in [0.3, 0.4) is 0 Å². The molecule has 1 aliphatic carbocycles. The van der Waals surface area contributed by atoms with Crippen molar-refractivity contribution in [3.63, 3.8) is 0 Å². The van der Waals surface area contributed by atoms with Crippen LogP contribution in [0.1, 0.15) is 31.8 Å². The minimum Gasteiger partial charge on any atom is -0.332 e. The van der Waals surface area contributed by atoms with E-state index in [1.165, 1.54) is 4.90 Å². The standard InChI is InChI=1S/C19H14N2O5S/c22-17-10-4-1-2-5-11(10)18(23)16-12(17)6-3-7-14(16)21-15-9-27(25,26)8-13(15)20-19(21)24/h1-7,13,15H,8-9H2,(H,20,24)/t13-,15-/m1/s1. The molecule has 27 heavy (non-hydrogen) atoms. The fourth-order valence-corrected chi connectivity index (χ4v) is 6.11. The number of carbonyl (C=O) groups excluding carboxylic acids is 3. The Morgan fingerprint density at radius 2 is 1.52 bits per heavy atom. The molecule has 5 rings (SSSR count). The molecule has 2 amide bonds. The number of hydrogen-bond donors (Lipinski definition) is 1. The second-order valence-electron chi connectivity index (χ2n) is 6.97. The zero-order valence-corrected chi connectivity index (χ0v) is 14.8. The second kappa shape index (κ2) is 5.26. The summed E-state index contributed by atoms with van der Waals surface area (Å²) >= 11 is 0. The molecule has 0 radical (unpaired) electrons. The van der Waals surface area contributed by atoms with Crippen LogP contribution in [0.15, 0.2) is 42.5 Å². The summed E-state index contributed by atoms with van der Waals surface area (Å²) in [7, 11) is -3.27. The first-order chi connectivity index (χ1) is 12.9. The number of fused-ring (bicyclic) bond motifs is 3. The Hall–Kier alpha value is -3.00. The Kier molecular flexibility index (Phi) is 3.16. The van der Waals surface area contributed by atoms with Gasteiger partial charge in [-0.3, -0.25) is 14.5 Å². The molecule has 3 aliphatic rings. The minimum absolute atomic E-state index is 0.120. The van der Waals surface area contributed by atoms with E-state index in [-0.39, 0.29) is 45.4 Å². The number of sulfone groups is 1. The Bertz CT molecular complexity index is 1150. The largest absolute Gasteiger partial charge is 0.332 e. The molecule has 136 valence electrons. The zero-order chi connectivity index (χ0) is 18.9. The minimum atomic E-state index is -3.27. The number of carbonyl (C=O) groups is 3. The Labute approximate surface area is 154 Å². The summed E-state index contributed by atoms with van der Waals surface area (Å²) in [4.78, 5) is 39.9. The van der Waals surface area contributed by atoms with E-state index in [1.807, 2.05) is 0 Å². The molecular weight excluding hydrogens is 368 g/mol. The van der Waals surface area contributed by atoms with Crippen LogP contribution in [0.2, 0.25) is 0 Å². The monoisotopic (exact) mass is 382 g/mol. The molecule has 2 aliphatic heterocycles. The van der Waals surface area contributed by atoms with Crippen LogP contribution >= 0.6 is 0 Å². The maximum atomic E-state index is 13.1. The topological polar surface area (TPSA) is 101 Å². The number of anilines is 1. The van der Waals surface area contributed by atoms with Crippen LogP contribution in [-0.2, 0) is 9.84 Å². The summed E-state index contributed by atoms with van der Waals surface area (Å²) < 4.78 is 24.0. The summed E-state index contributed by atoms with van der Waals surface area (Å²) in [6.07, 6.45) is 0. The number of nitrogens with zero attached hydrogens (tertiary/aromatic N) is 1. The molecule has 0 bridgehead atoms. The molecule has 7 nitrogen and oxygen atoms in total. The highest BCUT2D eigenvalue weighted by Gasteiger charge is 2.50. The van der Waals surface area contributed by atoms with Crippen molar-refractivity contribution in [2.24, 2.45) is 0 Å². The number of amides is 2. The lowest BCUT2D eigenvalue weighted by molar-refractivity contribution is 0.0979. The fourth-order valence-electron chi connectivity index (χ4n) is 4.22. The number of nitrogens with one attached hydrogen (secondary N) is 1. The van der Waals surface area contributed by atoms with Gasteiger partial charge in [0.15, 0.2) is 21.4 Å². The second-order valence-corrected chi connectivity index (χ2v) is 9.13. The fraction of sp³-hybridized carbons (Fsp3) is 0.211. The van der Waals surface area contributed by atoms with Gasteiger partial charge in [-0.15, -0.1) is 0 Å². The molecule has 1 N–H and O–H groups in total. The van der Waals surface area contributed by atoms with Crippen LogP contribution in [0.4, 0.5) is 10.5 Å². The lowest BCUT2D eigenvalue weighted by Crippen LogP contribution is -2.38. The Morgan fingerprint density at radius 3 is 2.26 bits per heavy atom. The first-order valence-electron chi connectivity index (χ1n) is 8.49. The molecule has 2 atom stereocenters. The van der Waals surface area contributed by atoms with E-state index in [9.17, 15) is 22.8 Å². The third kappa shape index (κ3) is 2.19. The van der Waals surface area contributed by atoms with Crippen LogP contribution in [0.25, 0.3) is 0 Å². The van der Waals surface area contributed by atoms with Crippen molar-refractivity contribution in [1.29, 1.82) is 0 Å². The van der Waals surface area contributed by atoms with E-state index in [0.717, 1.165) is 0 Å². The molecule has 2 saturated heterocycles. The van der Waals surface area contributed by atoms with Crippen molar-refractivity contribution >= 4 is 33.1 Å². The number of hydrogen-bond acceptors (Lipinski definition) is 5. The molecule has 0 spiro atoms. The zero-order valence-electron chi connectivity index (χ0n) is 14.0. The normalized spacial score (nSPS) is 25.0. The summed E-state index contributed by atoms with van der Waals surface area (Å²) in [5, 5.41) is 2.68. The molecular formula is C19H14N2O5S. The maximum Gasteiger partial charge on any atom is 0.322 e. The lowest BCUT2D eigenvalue weighted by atomic mass is 9.83. The summed E-state index contributed by atoms with van der Waals surface area (Å²) in [5.41, 5.74) is 1.29. The number of benzene rings is 2. The lowest BCUT2D eigenvalue weighted by Gasteiger charge is -2.27. The predicted molar refractivity (Wildman–Crippen MR) is 97.0 cm³/mol. The maximum absolute atomic E-state index is 13.1. The molecule has 2 heterocycles. The van der Waals surface area contributed by atoms with Crippen molar-refractivity contribution < 1.29 is 22.8 Å². The van der Waals surface area contributed by atoms with Gasteiger partial charge in [0.05, 0.1) is 34.8 Å². The molecule has 0 aromatic heterocycles. The smallest absolute Gasteiger partial charge is 0.322 e. The van der Waals surface area contributed by atoms with E-state index in [1.54, 1.807) is 42.5 Å². The van der Waals surface area contributed by atoms with E-state index < -0.39 is 28.0 Å². The average Bonchev–Trinajstić information content (AvgIpc) is 3.08. The average molecular weight is 382 g/mol. The first kappa shape index (κ1) is 16.2. The van der Waals surface area contributed by atoms with Crippen LogP contribution in [0.5, 0.6) is 0 Å². The van der Waals surface area contributed by atoms with Gasteiger partial charge in [0.25, 0.3) is 0 Å². The SMILES string of the molecule is O=C1c2ccccc2C(=O)c2c1cccc2N1C(=O)N[C@@H]2CS(=O)(=O)C[C@H]21.